The SMILES string of the molecule is COC1(OC)CC2CCC(O)CC2C1. The molecule has 0 amide bonds. The Hall–Kier alpha value is -0.120. The lowest BCUT2D eigenvalue weighted by atomic mass is 9.80. The minimum atomic E-state index is -0.362. The lowest BCUT2D eigenvalue weighted by Crippen LogP contribution is -2.30. The van der Waals surface area contributed by atoms with E-state index in [0.29, 0.717) is 11.8 Å². The minimum Gasteiger partial charge on any atom is -0.393 e. The van der Waals surface area contributed by atoms with E-state index in [1.165, 1.54) is 0 Å². The van der Waals surface area contributed by atoms with Crippen molar-refractivity contribution in [3.63, 3.8) is 0 Å². The standard InChI is InChI=1S/C11H20O3/c1-13-11(14-2)6-8-3-4-10(12)5-9(8)7-11/h8-10,12H,3-7H2,1-2H3. The second-order valence-electron chi connectivity index (χ2n) is 4.71. The Labute approximate surface area is 85.4 Å². The number of hydrogen-bond donors (Lipinski definition) is 1. The molecule has 3 heteroatoms. The normalized spacial score (nSPS) is 40.9. The van der Waals surface area contributed by atoms with E-state index in [1.807, 2.05) is 0 Å². The van der Waals surface area contributed by atoms with Crippen LogP contribution in [0.5, 0.6) is 0 Å². The third kappa shape index (κ3) is 1.69. The van der Waals surface area contributed by atoms with Crippen LogP contribution in [0.2, 0.25) is 0 Å². The molecule has 0 heterocycles. The van der Waals surface area contributed by atoms with E-state index in [-0.39, 0.29) is 11.9 Å². The predicted octanol–water partition coefficient (Wildman–Crippen LogP) is 1.55. The van der Waals surface area contributed by atoms with Gasteiger partial charge in [0.25, 0.3) is 0 Å². The van der Waals surface area contributed by atoms with Gasteiger partial charge in [-0.3, -0.25) is 0 Å². The lowest BCUT2D eigenvalue weighted by Gasteiger charge is -2.27. The van der Waals surface area contributed by atoms with E-state index in [9.17, 15) is 5.11 Å². The van der Waals surface area contributed by atoms with Crippen LogP contribution in [-0.4, -0.2) is 31.2 Å². The van der Waals surface area contributed by atoms with Crippen molar-refractivity contribution >= 4 is 0 Å². The second-order valence-corrected chi connectivity index (χ2v) is 4.71. The summed E-state index contributed by atoms with van der Waals surface area (Å²) in [7, 11) is 3.44. The van der Waals surface area contributed by atoms with Crippen molar-refractivity contribution < 1.29 is 14.6 Å². The van der Waals surface area contributed by atoms with Crippen molar-refractivity contribution in [2.75, 3.05) is 14.2 Å². The maximum Gasteiger partial charge on any atom is 0.168 e. The third-order valence-electron chi connectivity index (χ3n) is 4.00. The fourth-order valence-corrected chi connectivity index (χ4v) is 3.12. The van der Waals surface area contributed by atoms with Crippen LogP contribution in [0.1, 0.15) is 32.1 Å². The zero-order valence-corrected chi connectivity index (χ0v) is 9.03. The molecule has 0 aliphatic heterocycles. The zero-order valence-electron chi connectivity index (χ0n) is 9.03. The Morgan fingerprint density at radius 1 is 1.07 bits per heavy atom. The first-order valence-corrected chi connectivity index (χ1v) is 5.47. The Balaban J connectivity index is 2.04. The Bertz CT molecular complexity index is 201. The number of hydrogen-bond acceptors (Lipinski definition) is 3. The molecule has 0 aromatic heterocycles. The molecule has 1 N–H and O–H groups in total. The van der Waals surface area contributed by atoms with Gasteiger partial charge < -0.3 is 14.6 Å². The summed E-state index contributed by atoms with van der Waals surface area (Å²) < 4.78 is 10.9. The molecule has 3 unspecified atom stereocenters. The van der Waals surface area contributed by atoms with Gasteiger partial charge in [-0.2, -0.15) is 0 Å². The summed E-state index contributed by atoms with van der Waals surface area (Å²) in [5.74, 6) is 0.927. The number of ether oxygens (including phenoxy) is 2. The van der Waals surface area contributed by atoms with E-state index < -0.39 is 0 Å². The van der Waals surface area contributed by atoms with Gasteiger partial charge in [0.15, 0.2) is 5.79 Å². The fourth-order valence-electron chi connectivity index (χ4n) is 3.12. The number of aliphatic hydroxyl groups excluding tert-OH is 1. The molecule has 82 valence electrons. The predicted molar refractivity (Wildman–Crippen MR) is 52.8 cm³/mol. The monoisotopic (exact) mass is 200 g/mol. The first-order valence-electron chi connectivity index (χ1n) is 5.47. The molecular formula is C11H20O3. The molecule has 0 bridgehead atoms. The maximum absolute atomic E-state index is 9.59. The van der Waals surface area contributed by atoms with Crippen molar-refractivity contribution in [3.8, 4) is 0 Å². The highest BCUT2D eigenvalue weighted by Gasteiger charge is 2.47. The van der Waals surface area contributed by atoms with Crippen LogP contribution < -0.4 is 0 Å². The number of methoxy groups -OCH3 is 2. The van der Waals surface area contributed by atoms with E-state index in [4.69, 9.17) is 9.47 Å². The van der Waals surface area contributed by atoms with Gasteiger partial charge in [0.1, 0.15) is 0 Å². The van der Waals surface area contributed by atoms with Crippen molar-refractivity contribution in [2.45, 2.75) is 44.0 Å². The largest absolute Gasteiger partial charge is 0.393 e. The summed E-state index contributed by atoms with van der Waals surface area (Å²) in [5, 5.41) is 9.59. The van der Waals surface area contributed by atoms with Gasteiger partial charge in [-0.05, 0) is 31.1 Å². The van der Waals surface area contributed by atoms with Crippen LogP contribution in [0, 0.1) is 11.8 Å². The van der Waals surface area contributed by atoms with Gasteiger partial charge in [0.05, 0.1) is 6.10 Å². The quantitative estimate of drug-likeness (QED) is 0.687. The highest BCUT2D eigenvalue weighted by molar-refractivity contribution is 4.93. The Morgan fingerprint density at radius 3 is 2.36 bits per heavy atom. The summed E-state index contributed by atoms with van der Waals surface area (Å²) in [6.45, 7) is 0. The topological polar surface area (TPSA) is 38.7 Å². The van der Waals surface area contributed by atoms with Crippen LogP contribution >= 0.6 is 0 Å². The zero-order chi connectivity index (χ0) is 10.2. The summed E-state index contributed by atoms with van der Waals surface area (Å²) >= 11 is 0. The highest BCUT2D eigenvalue weighted by atomic mass is 16.7. The van der Waals surface area contributed by atoms with Crippen LogP contribution in [0.15, 0.2) is 0 Å². The molecule has 2 aliphatic carbocycles. The maximum atomic E-state index is 9.59. The van der Waals surface area contributed by atoms with E-state index in [1.54, 1.807) is 14.2 Å². The number of rotatable bonds is 2. The van der Waals surface area contributed by atoms with Crippen LogP contribution in [0.4, 0.5) is 0 Å². The molecular weight excluding hydrogens is 180 g/mol. The van der Waals surface area contributed by atoms with Gasteiger partial charge in [-0.25, -0.2) is 0 Å². The van der Waals surface area contributed by atoms with E-state index in [2.05, 4.69) is 0 Å². The molecule has 14 heavy (non-hydrogen) atoms. The Kier molecular flexibility index (Phi) is 2.82. The molecule has 3 atom stereocenters. The van der Waals surface area contributed by atoms with Crippen molar-refractivity contribution in [3.05, 3.63) is 0 Å². The molecule has 0 spiro atoms. The lowest BCUT2D eigenvalue weighted by molar-refractivity contribution is -0.204. The van der Waals surface area contributed by atoms with Crippen molar-refractivity contribution in [1.82, 2.24) is 0 Å². The number of fused-ring (bicyclic) bond motifs is 1. The van der Waals surface area contributed by atoms with Gasteiger partial charge in [-0.1, -0.05) is 0 Å². The van der Waals surface area contributed by atoms with Gasteiger partial charge in [0, 0.05) is 27.1 Å². The molecule has 2 fully saturated rings. The fraction of sp³-hybridized carbons (Fsp3) is 1.00. The first kappa shape index (κ1) is 10.4. The summed E-state index contributed by atoms with van der Waals surface area (Å²) in [6.07, 6.45) is 4.85. The first-order chi connectivity index (χ1) is 6.69. The van der Waals surface area contributed by atoms with E-state index in [0.717, 1.165) is 32.1 Å². The minimum absolute atomic E-state index is 0.0965. The number of aliphatic hydroxyl groups is 1. The molecule has 2 saturated carbocycles. The molecule has 0 radical (unpaired) electrons. The van der Waals surface area contributed by atoms with Crippen molar-refractivity contribution in [1.29, 1.82) is 0 Å². The van der Waals surface area contributed by atoms with Crippen LogP contribution in [0.3, 0.4) is 0 Å². The van der Waals surface area contributed by atoms with E-state index >= 15 is 0 Å². The second kappa shape index (κ2) is 3.80. The molecule has 0 aromatic rings. The molecule has 2 rings (SSSR count). The summed E-state index contributed by atoms with van der Waals surface area (Å²) in [4.78, 5) is 0. The molecule has 0 saturated heterocycles. The third-order valence-corrected chi connectivity index (χ3v) is 4.00. The summed E-state index contributed by atoms with van der Waals surface area (Å²) in [6, 6.07) is 0. The average molecular weight is 200 g/mol. The summed E-state index contributed by atoms with van der Waals surface area (Å²) in [5.41, 5.74) is 0. The Morgan fingerprint density at radius 2 is 1.71 bits per heavy atom. The van der Waals surface area contributed by atoms with Gasteiger partial charge in [-0.15, -0.1) is 0 Å². The van der Waals surface area contributed by atoms with Crippen LogP contribution in [-0.2, 0) is 9.47 Å². The molecule has 0 aromatic carbocycles. The smallest absolute Gasteiger partial charge is 0.168 e. The van der Waals surface area contributed by atoms with Gasteiger partial charge in [0.2, 0.25) is 0 Å². The van der Waals surface area contributed by atoms with Gasteiger partial charge >= 0.3 is 0 Å². The van der Waals surface area contributed by atoms with Crippen LogP contribution in [0.25, 0.3) is 0 Å². The highest BCUT2D eigenvalue weighted by Crippen LogP contribution is 2.48. The molecule has 2 aliphatic rings. The molecule has 3 nitrogen and oxygen atoms in total. The average Bonchev–Trinajstić information content (AvgIpc) is 2.56. The van der Waals surface area contributed by atoms with Crippen molar-refractivity contribution in [2.24, 2.45) is 11.8 Å².